The molecule has 1 aromatic rings. The molecule has 0 saturated carbocycles. The minimum Gasteiger partial charge on any atom is -0.309 e. The zero-order valence-corrected chi connectivity index (χ0v) is 7.45. The third-order valence-electron chi connectivity index (χ3n) is 2.47. The van der Waals surface area contributed by atoms with Gasteiger partial charge in [0.15, 0.2) is 0 Å². The number of hydrogen-bond acceptors (Lipinski definition) is 2. The lowest BCUT2D eigenvalue weighted by Gasteiger charge is -2.11. The van der Waals surface area contributed by atoms with Crippen molar-refractivity contribution in [3.05, 3.63) is 18.0 Å². The highest BCUT2D eigenvalue weighted by molar-refractivity contribution is 5.08. The molecule has 2 heterocycles. The van der Waals surface area contributed by atoms with Gasteiger partial charge in [-0.1, -0.05) is 0 Å². The molecule has 12 heavy (non-hydrogen) atoms. The molecule has 0 radical (unpaired) electrons. The van der Waals surface area contributed by atoms with Crippen molar-refractivity contribution in [2.45, 2.75) is 32.4 Å². The normalized spacial score (nSPS) is 23.2. The molecule has 0 amide bonds. The van der Waals surface area contributed by atoms with Crippen LogP contribution in [0, 0.1) is 0 Å². The summed E-state index contributed by atoms with van der Waals surface area (Å²) in [6.07, 6.45) is 4.43. The summed E-state index contributed by atoms with van der Waals surface area (Å²) < 4.78 is 2.07. The highest BCUT2D eigenvalue weighted by Gasteiger charge is 2.18. The molecule has 1 aliphatic heterocycles. The standard InChI is InChI=1S/C9H15N3/c1-2-12-9(5-7-11-12)8-4-3-6-10-8/h5,7-8,10H,2-4,6H2,1H3/t8-/m0/s1. The predicted molar refractivity (Wildman–Crippen MR) is 47.9 cm³/mol. The molecule has 1 N–H and O–H groups in total. The molecule has 0 aliphatic carbocycles. The number of hydrogen-bond donors (Lipinski definition) is 1. The highest BCUT2D eigenvalue weighted by Crippen LogP contribution is 2.22. The van der Waals surface area contributed by atoms with Gasteiger partial charge in [-0.3, -0.25) is 4.68 Å². The van der Waals surface area contributed by atoms with Crippen LogP contribution in [-0.4, -0.2) is 16.3 Å². The molecular weight excluding hydrogens is 150 g/mol. The van der Waals surface area contributed by atoms with Crippen molar-refractivity contribution < 1.29 is 0 Å². The Kier molecular flexibility index (Phi) is 2.13. The predicted octanol–water partition coefficient (Wildman–Crippen LogP) is 1.33. The van der Waals surface area contributed by atoms with Crippen LogP contribution < -0.4 is 5.32 Å². The lowest BCUT2D eigenvalue weighted by molar-refractivity contribution is 0.540. The Morgan fingerprint density at radius 2 is 2.67 bits per heavy atom. The van der Waals surface area contributed by atoms with E-state index in [0.29, 0.717) is 6.04 Å². The van der Waals surface area contributed by atoms with Crippen LogP contribution in [0.5, 0.6) is 0 Å². The minimum absolute atomic E-state index is 0.549. The van der Waals surface area contributed by atoms with E-state index in [1.807, 2.05) is 6.20 Å². The van der Waals surface area contributed by atoms with Crippen LogP contribution in [0.3, 0.4) is 0 Å². The van der Waals surface area contributed by atoms with Crippen molar-refractivity contribution in [3.63, 3.8) is 0 Å². The fraction of sp³-hybridized carbons (Fsp3) is 0.667. The van der Waals surface area contributed by atoms with E-state index < -0.39 is 0 Å². The van der Waals surface area contributed by atoms with Gasteiger partial charge in [-0.05, 0) is 32.4 Å². The van der Waals surface area contributed by atoms with Crippen LogP contribution in [0.4, 0.5) is 0 Å². The van der Waals surface area contributed by atoms with Gasteiger partial charge in [-0.25, -0.2) is 0 Å². The van der Waals surface area contributed by atoms with Gasteiger partial charge in [-0.2, -0.15) is 5.10 Å². The Labute approximate surface area is 72.8 Å². The van der Waals surface area contributed by atoms with Gasteiger partial charge in [-0.15, -0.1) is 0 Å². The van der Waals surface area contributed by atoms with E-state index >= 15 is 0 Å². The molecule has 1 fully saturated rings. The van der Waals surface area contributed by atoms with Gasteiger partial charge in [0.05, 0.1) is 5.69 Å². The first-order chi connectivity index (χ1) is 5.92. The minimum atomic E-state index is 0.549. The summed E-state index contributed by atoms with van der Waals surface area (Å²) in [5, 5.41) is 7.73. The summed E-state index contributed by atoms with van der Waals surface area (Å²) in [4.78, 5) is 0. The maximum atomic E-state index is 4.26. The Morgan fingerprint density at radius 1 is 1.75 bits per heavy atom. The second kappa shape index (κ2) is 3.27. The molecule has 1 aliphatic rings. The SMILES string of the molecule is CCn1nccc1[C@@H]1CCCN1. The quantitative estimate of drug-likeness (QED) is 0.716. The summed E-state index contributed by atoms with van der Waals surface area (Å²) in [6, 6.07) is 2.67. The Balaban J connectivity index is 2.19. The van der Waals surface area contributed by atoms with E-state index in [4.69, 9.17) is 0 Å². The second-order valence-electron chi connectivity index (χ2n) is 3.22. The van der Waals surface area contributed by atoms with Crippen LogP contribution in [0.25, 0.3) is 0 Å². The molecule has 1 atom stereocenters. The van der Waals surface area contributed by atoms with E-state index in [2.05, 4.69) is 28.1 Å². The van der Waals surface area contributed by atoms with E-state index in [0.717, 1.165) is 13.1 Å². The second-order valence-corrected chi connectivity index (χ2v) is 3.22. The van der Waals surface area contributed by atoms with Crippen LogP contribution in [0.2, 0.25) is 0 Å². The smallest absolute Gasteiger partial charge is 0.0553 e. The molecule has 66 valence electrons. The van der Waals surface area contributed by atoms with Gasteiger partial charge >= 0.3 is 0 Å². The molecule has 2 rings (SSSR count). The first-order valence-electron chi connectivity index (χ1n) is 4.67. The number of rotatable bonds is 2. The van der Waals surface area contributed by atoms with Gasteiger partial charge < -0.3 is 5.32 Å². The van der Waals surface area contributed by atoms with Crippen LogP contribution in [0.1, 0.15) is 31.5 Å². The van der Waals surface area contributed by atoms with Gasteiger partial charge in [0.25, 0.3) is 0 Å². The summed E-state index contributed by atoms with van der Waals surface area (Å²) in [5.74, 6) is 0. The lowest BCUT2D eigenvalue weighted by atomic mass is 10.1. The van der Waals surface area contributed by atoms with E-state index in [9.17, 15) is 0 Å². The molecule has 0 bridgehead atoms. The Bertz CT molecular complexity index is 248. The van der Waals surface area contributed by atoms with Gasteiger partial charge in [0.1, 0.15) is 0 Å². The van der Waals surface area contributed by atoms with Crippen LogP contribution >= 0.6 is 0 Å². The molecular formula is C9H15N3. The van der Waals surface area contributed by atoms with Crippen molar-refractivity contribution in [2.24, 2.45) is 0 Å². The topological polar surface area (TPSA) is 29.9 Å². The molecule has 1 aromatic heterocycles. The monoisotopic (exact) mass is 165 g/mol. The largest absolute Gasteiger partial charge is 0.309 e. The molecule has 1 saturated heterocycles. The molecule has 0 spiro atoms. The molecule has 3 heteroatoms. The highest BCUT2D eigenvalue weighted by atomic mass is 15.3. The van der Waals surface area contributed by atoms with Crippen molar-refractivity contribution in [1.82, 2.24) is 15.1 Å². The maximum absolute atomic E-state index is 4.26. The van der Waals surface area contributed by atoms with E-state index in [-0.39, 0.29) is 0 Å². The zero-order valence-electron chi connectivity index (χ0n) is 7.45. The maximum Gasteiger partial charge on any atom is 0.0553 e. The number of nitrogens with one attached hydrogen (secondary N) is 1. The fourth-order valence-corrected chi connectivity index (χ4v) is 1.84. The van der Waals surface area contributed by atoms with E-state index in [1.54, 1.807) is 0 Å². The van der Waals surface area contributed by atoms with Crippen molar-refractivity contribution in [1.29, 1.82) is 0 Å². The van der Waals surface area contributed by atoms with E-state index in [1.165, 1.54) is 18.5 Å². The third-order valence-corrected chi connectivity index (χ3v) is 2.47. The average Bonchev–Trinajstić information content (AvgIpc) is 2.74. The van der Waals surface area contributed by atoms with Crippen molar-refractivity contribution in [3.8, 4) is 0 Å². The lowest BCUT2D eigenvalue weighted by Crippen LogP contribution is -2.17. The molecule has 0 unspecified atom stereocenters. The molecule has 3 nitrogen and oxygen atoms in total. The molecule has 0 aromatic carbocycles. The summed E-state index contributed by atoms with van der Waals surface area (Å²) in [5.41, 5.74) is 1.34. The summed E-state index contributed by atoms with van der Waals surface area (Å²) in [7, 11) is 0. The first kappa shape index (κ1) is 7.80. The average molecular weight is 165 g/mol. The van der Waals surface area contributed by atoms with Crippen molar-refractivity contribution >= 4 is 0 Å². The number of aromatic nitrogens is 2. The third kappa shape index (κ3) is 1.25. The Hall–Kier alpha value is -0.830. The van der Waals surface area contributed by atoms with Crippen molar-refractivity contribution in [2.75, 3.05) is 6.54 Å². The van der Waals surface area contributed by atoms with Gasteiger partial charge in [0.2, 0.25) is 0 Å². The summed E-state index contributed by atoms with van der Waals surface area (Å²) >= 11 is 0. The summed E-state index contributed by atoms with van der Waals surface area (Å²) in [6.45, 7) is 4.26. The Morgan fingerprint density at radius 3 is 3.33 bits per heavy atom. The zero-order chi connectivity index (χ0) is 8.39. The van der Waals surface area contributed by atoms with Gasteiger partial charge in [0, 0.05) is 18.8 Å². The number of nitrogens with zero attached hydrogens (tertiary/aromatic N) is 2. The number of aryl methyl sites for hydroxylation is 1. The fourth-order valence-electron chi connectivity index (χ4n) is 1.84. The first-order valence-corrected chi connectivity index (χ1v) is 4.67. The van der Waals surface area contributed by atoms with Crippen LogP contribution in [-0.2, 0) is 6.54 Å². The van der Waals surface area contributed by atoms with Crippen LogP contribution in [0.15, 0.2) is 12.3 Å².